The summed E-state index contributed by atoms with van der Waals surface area (Å²) in [5, 5.41) is 8.55. The maximum Gasteiger partial charge on any atom is 0.187 e. The van der Waals surface area contributed by atoms with Crippen molar-refractivity contribution in [1.82, 2.24) is 10.7 Å². The highest BCUT2D eigenvalue weighted by Crippen LogP contribution is 2.55. The predicted molar refractivity (Wildman–Crippen MR) is 93.8 cm³/mol. The summed E-state index contributed by atoms with van der Waals surface area (Å²) in [5.74, 6) is 2.78. The van der Waals surface area contributed by atoms with Gasteiger partial charge in [-0.25, -0.2) is 0 Å². The van der Waals surface area contributed by atoms with E-state index in [1.807, 2.05) is 36.5 Å². The molecule has 2 N–H and O–H groups in total. The monoisotopic (exact) mass is 313 g/mol. The first kappa shape index (κ1) is 14.2. The minimum atomic E-state index is 0.251. The van der Waals surface area contributed by atoms with Gasteiger partial charge in [0.1, 0.15) is 0 Å². The van der Waals surface area contributed by atoms with Crippen LogP contribution in [0.15, 0.2) is 35.4 Å². The summed E-state index contributed by atoms with van der Waals surface area (Å²) in [4.78, 5) is 0. The maximum absolute atomic E-state index is 5.47. The second-order valence-electron chi connectivity index (χ2n) is 7.43. The van der Waals surface area contributed by atoms with E-state index in [9.17, 15) is 0 Å². The van der Waals surface area contributed by atoms with Gasteiger partial charge < -0.3 is 5.32 Å². The van der Waals surface area contributed by atoms with Crippen LogP contribution in [0.3, 0.4) is 0 Å². The molecule has 4 fully saturated rings. The molecule has 4 saturated carbocycles. The van der Waals surface area contributed by atoms with Crippen LogP contribution in [0.5, 0.6) is 0 Å². The standard InChI is InChI=1S/C18H23N3S/c22-17(21-19-12-13-4-2-1-3-5-13)20-18-9-14-6-15(10-18)8-16(7-14)11-18/h1-5,12,14-16H,6-11H2,(H2,20,21,22). The molecule has 0 amide bonds. The molecule has 0 atom stereocenters. The van der Waals surface area contributed by atoms with Crippen molar-refractivity contribution < 1.29 is 0 Å². The molecule has 3 nitrogen and oxygen atoms in total. The third-order valence-corrected chi connectivity index (χ3v) is 5.79. The van der Waals surface area contributed by atoms with Gasteiger partial charge in [-0.15, -0.1) is 0 Å². The fourth-order valence-corrected chi connectivity index (χ4v) is 5.51. The van der Waals surface area contributed by atoms with E-state index in [0.717, 1.165) is 23.3 Å². The zero-order chi connectivity index (χ0) is 15.0. The van der Waals surface area contributed by atoms with Crippen LogP contribution in [0.2, 0.25) is 0 Å². The Hall–Kier alpha value is -1.42. The number of thiocarbonyl (C=S) groups is 1. The summed E-state index contributed by atoms with van der Waals surface area (Å²) in [6.07, 6.45) is 10.1. The molecular weight excluding hydrogens is 290 g/mol. The van der Waals surface area contributed by atoms with Crippen molar-refractivity contribution in [2.45, 2.75) is 44.1 Å². The van der Waals surface area contributed by atoms with Gasteiger partial charge in [0.15, 0.2) is 5.11 Å². The van der Waals surface area contributed by atoms with E-state index in [-0.39, 0.29) is 5.54 Å². The second-order valence-corrected chi connectivity index (χ2v) is 7.84. The van der Waals surface area contributed by atoms with Crippen molar-refractivity contribution in [3.63, 3.8) is 0 Å². The van der Waals surface area contributed by atoms with E-state index < -0.39 is 0 Å². The van der Waals surface area contributed by atoms with Crippen molar-refractivity contribution >= 4 is 23.5 Å². The lowest BCUT2D eigenvalue weighted by atomic mass is 9.53. The third-order valence-electron chi connectivity index (χ3n) is 5.60. The number of hydrogen-bond acceptors (Lipinski definition) is 2. The number of hydrazone groups is 1. The Labute approximate surface area is 137 Å². The Bertz CT molecular complexity index is 546. The summed E-state index contributed by atoms with van der Waals surface area (Å²) in [5.41, 5.74) is 4.32. The molecule has 0 aliphatic heterocycles. The number of benzene rings is 1. The van der Waals surface area contributed by atoms with E-state index in [2.05, 4.69) is 15.8 Å². The summed E-state index contributed by atoms with van der Waals surface area (Å²) < 4.78 is 0. The number of rotatable bonds is 3. The van der Waals surface area contributed by atoms with Crippen molar-refractivity contribution in [2.75, 3.05) is 0 Å². The van der Waals surface area contributed by atoms with Crippen LogP contribution in [0, 0.1) is 17.8 Å². The van der Waals surface area contributed by atoms with Crippen LogP contribution in [0.25, 0.3) is 0 Å². The molecule has 1 aromatic rings. The van der Waals surface area contributed by atoms with Crippen molar-refractivity contribution in [1.29, 1.82) is 0 Å². The summed E-state index contributed by atoms with van der Waals surface area (Å²) >= 11 is 5.47. The quantitative estimate of drug-likeness (QED) is 0.510. The summed E-state index contributed by atoms with van der Waals surface area (Å²) in [6, 6.07) is 10.1. The van der Waals surface area contributed by atoms with Crippen molar-refractivity contribution in [2.24, 2.45) is 22.9 Å². The average Bonchev–Trinajstić information content (AvgIpc) is 2.46. The zero-order valence-electron chi connectivity index (χ0n) is 12.8. The SMILES string of the molecule is S=C(NN=Cc1ccccc1)NC12CC3CC(CC(C3)C1)C2. The molecule has 0 saturated heterocycles. The fraction of sp³-hybridized carbons (Fsp3) is 0.556. The van der Waals surface area contributed by atoms with E-state index >= 15 is 0 Å². The molecule has 0 heterocycles. The Morgan fingerprint density at radius 3 is 2.23 bits per heavy atom. The molecule has 0 unspecified atom stereocenters. The Kier molecular flexibility index (Phi) is 3.65. The van der Waals surface area contributed by atoms with Gasteiger partial charge in [-0.2, -0.15) is 5.10 Å². The minimum Gasteiger partial charge on any atom is -0.356 e. The first-order valence-corrected chi connectivity index (χ1v) is 8.78. The second kappa shape index (κ2) is 5.65. The largest absolute Gasteiger partial charge is 0.356 e. The lowest BCUT2D eigenvalue weighted by Crippen LogP contribution is -2.61. The smallest absolute Gasteiger partial charge is 0.187 e. The molecule has 0 aromatic heterocycles. The van der Waals surface area contributed by atoms with E-state index in [0.29, 0.717) is 5.11 Å². The maximum atomic E-state index is 5.47. The Balaban J connectivity index is 1.35. The van der Waals surface area contributed by atoms with Gasteiger partial charge in [-0.1, -0.05) is 30.3 Å². The molecule has 4 bridgehead atoms. The lowest BCUT2D eigenvalue weighted by molar-refractivity contribution is -0.0101. The molecule has 22 heavy (non-hydrogen) atoms. The van der Waals surface area contributed by atoms with Gasteiger partial charge in [0.25, 0.3) is 0 Å². The number of hydrogen-bond donors (Lipinski definition) is 2. The minimum absolute atomic E-state index is 0.251. The van der Waals surface area contributed by atoms with Crippen LogP contribution in [-0.4, -0.2) is 16.9 Å². The van der Waals surface area contributed by atoms with Crippen LogP contribution in [0.4, 0.5) is 0 Å². The molecule has 0 spiro atoms. The molecular formula is C18H23N3S. The van der Waals surface area contributed by atoms with Gasteiger partial charge in [0, 0.05) is 5.54 Å². The first-order valence-electron chi connectivity index (χ1n) is 8.37. The molecule has 4 aliphatic carbocycles. The average molecular weight is 313 g/mol. The fourth-order valence-electron chi connectivity index (χ4n) is 5.24. The highest BCUT2D eigenvalue weighted by molar-refractivity contribution is 7.80. The first-order chi connectivity index (χ1) is 10.7. The summed E-state index contributed by atoms with van der Waals surface area (Å²) in [6.45, 7) is 0. The topological polar surface area (TPSA) is 36.4 Å². The van der Waals surface area contributed by atoms with Crippen LogP contribution >= 0.6 is 12.2 Å². The summed E-state index contributed by atoms with van der Waals surface area (Å²) in [7, 11) is 0. The third kappa shape index (κ3) is 2.89. The van der Waals surface area contributed by atoms with E-state index in [1.165, 1.54) is 38.5 Å². The van der Waals surface area contributed by atoms with Gasteiger partial charge in [-0.3, -0.25) is 5.43 Å². The van der Waals surface area contributed by atoms with Gasteiger partial charge in [0.05, 0.1) is 6.21 Å². The Morgan fingerprint density at radius 2 is 1.64 bits per heavy atom. The molecule has 4 aliphatic rings. The highest BCUT2D eigenvalue weighted by atomic mass is 32.1. The van der Waals surface area contributed by atoms with E-state index in [4.69, 9.17) is 12.2 Å². The van der Waals surface area contributed by atoms with Crippen molar-refractivity contribution in [3.05, 3.63) is 35.9 Å². The van der Waals surface area contributed by atoms with Crippen LogP contribution < -0.4 is 10.7 Å². The van der Waals surface area contributed by atoms with Crippen LogP contribution in [-0.2, 0) is 0 Å². The Morgan fingerprint density at radius 1 is 1.05 bits per heavy atom. The molecule has 4 heteroatoms. The van der Waals surface area contributed by atoms with Crippen LogP contribution in [0.1, 0.15) is 44.1 Å². The van der Waals surface area contributed by atoms with Gasteiger partial charge in [-0.05, 0) is 74.1 Å². The molecule has 0 radical (unpaired) electrons. The normalized spacial score (nSPS) is 35.7. The molecule has 116 valence electrons. The highest BCUT2D eigenvalue weighted by Gasteiger charge is 2.51. The lowest BCUT2D eigenvalue weighted by Gasteiger charge is -2.57. The number of nitrogens with one attached hydrogen (secondary N) is 2. The predicted octanol–water partition coefficient (Wildman–Crippen LogP) is 3.45. The zero-order valence-corrected chi connectivity index (χ0v) is 13.6. The van der Waals surface area contributed by atoms with Gasteiger partial charge >= 0.3 is 0 Å². The molecule has 1 aromatic carbocycles. The van der Waals surface area contributed by atoms with Crippen molar-refractivity contribution in [3.8, 4) is 0 Å². The molecule has 5 rings (SSSR count). The number of nitrogens with zero attached hydrogens (tertiary/aromatic N) is 1. The van der Waals surface area contributed by atoms with Gasteiger partial charge in [0.2, 0.25) is 0 Å². The van der Waals surface area contributed by atoms with E-state index in [1.54, 1.807) is 0 Å².